The lowest BCUT2D eigenvalue weighted by Crippen LogP contribution is -2.20. The number of aryl methyl sites for hydroxylation is 2. The van der Waals surface area contributed by atoms with Gasteiger partial charge in [0.25, 0.3) is 5.56 Å². The largest absolute Gasteiger partial charge is 0.382 e. The van der Waals surface area contributed by atoms with Crippen molar-refractivity contribution in [2.75, 3.05) is 26.9 Å². The van der Waals surface area contributed by atoms with Crippen LogP contribution in [0.2, 0.25) is 0 Å². The summed E-state index contributed by atoms with van der Waals surface area (Å²) in [6, 6.07) is 1.67. The molecular formula is C12H18INO3. The molecule has 0 fully saturated rings. The fourth-order valence-corrected chi connectivity index (χ4v) is 1.89. The molecule has 0 bridgehead atoms. The molecule has 0 N–H and O–H groups in total. The first-order valence-electron chi connectivity index (χ1n) is 5.58. The summed E-state index contributed by atoms with van der Waals surface area (Å²) in [7, 11) is 1.65. The van der Waals surface area contributed by atoms with Crippen molar-refractivity contribution in [2.45, 2.75) is 19.9 Å². The monoisotopic (exact) mass is 351 g/mol. The molecule has 0 saturated carbocycles. The molecule has 0 radical (unpaired) electrons. The highest BCUT2D eigenvalue weighted by Gasteiger charge is 2.00. The molecule has 0 spiro atoms. The molecule has 0 saturated heterocycles. The van der Waals surface area contributed by atoms with E-state index in [1.807, 2.05) is 13.1 Å². The molecule has 96 valence electrons. The second-order valence-corrected chi connectivity index (χ2v) is 4.96. The van der Waals surface area contributed by atoms with Gasteiger partial charge in [0.1, 0.15) is 0 Å². The maximum absolute atomic E-state index is 11.7. The predicted molar refractivity (Wildman–Crippen MR) is 75.5 cm³/mol. The van der Waals surface area contributed by atoms with Crippen LogP contribution in [0.25, 0.3) is 0 Å². The van der Waals surface area contributed by atoms with Gasteiger partial charge in [0.15, 0.2) is 0 Å². The van der Waals surface area contributed by atoms with Gasteiger partial charge in [-0.2, -0.15) is 0 Å². The van der Waals surface area contributed by atoms with E-state index in [2.05, 4.69) is 22.6 Å². The summed E-state index contributed by atoms with van der Waals surface area (Å²) in [6.07, 6.45) is 2.73. The van der Waals surface area contributed by atoms with Crippen LogP contribution in [0.15, 0.2) is 17.1 Å². The molecule has 0 unspecified atom stereocenters. The fourth-order valence-electron chi connectivity index (χ4n) is 1.40. The Kier molecular flexibility index (Phi) is 6.76. The highest BCUT2D eigenvalue weighted by molar-refractivity contribution is 14.1. The summed E-state index contributed by atoms with van der Waals surface area (Å²) >= 11 is 2.24. The van der Waals surface area contributed by atoms with Crippen LogP contribution in [-0.4, -0.2) is 31.5 Å². The normalized spacial score (nSPS) is 10.8. The van der Waals surface area contributed by atoms with Gasteiger partial charge in [-0.3, -0.25) is 4.79 Å². The Hall–Kier alpha value is -0.400. The third kappa shape index (κ3) is 5.18. The Balaban J connectivity index is 2.37. The van der Waals surface area contributed by atoms with Crippen molar-refractivity contribution in [3.8, 4) is 0 Å². The van der Waals surface area contributed by atoms with Gasteiger partial charge in [0, 0.05) is 36.1 Å². The van der Waals surface area contributed by atoms with E-state index >= 15 is 0 Å². The molecule has 1 heterocycles. The molecule has 0 aliphatic heterocycles. The smallest absolute Gasteiger partial charge is 0.250 e. The van der Waals surface area contributed by atoms with Gasteiger partial charge in [-0.25, -0.2) is 0 Å². The zero-order valence-electron chi connectivity index (χ0n) is 10.2. The Morgan fingerprint density at radius 2 is 2.12 bits per heavy atom. The van der Waals surface area contributed by atoms with Gasteiger partial charge < -0.3 is 14.0 Å². The molecule has 4 nitrogen and oxygen atoms in total. The maximum atomic E-state index is 11.7. The SMILES string of the molecule is COCCOCCCn1cc(I)c(C)cc1=O. The summed E-state index contributed by atoms with van der Waals surface area (Å²) in [6.45, 7) is 4.52. The first-order chi connectivity index (χ1) is 8.15. The number of aromatic nitrogens is 1. The molecule has 1 aromatic heterocycles. The molecular weight excluding hydrogens is 333 g/mol. The quantitative estimate of drug-likeness (QED) is 0.556. The maximum Gasteiger partial charge on any atom is 0.250 e. The Morgan fingerprint density at radius 1 is 1.35 bits per heavy atom. The molecule has 0 aliphatic rings. The van der Waals surface area contributed by atoms with Gasteiger partial charge in [0.05, 0.1) is 13.2 Å². The molecule has 0 amide bonds. The first-order valence-corrected chi connectivity index (χ1v) is 6.66. The third-order valence-corrected chi connectivity index (χ3v) is 3.52. The van der Waals surface area contributed by atoms with E-state index in [9.17, 15) is 4.79 Å². The molecule has 0 atom stereocenters. The van der Waals surface area contributed by atoms with Crippen molar-refractivity contribution in [3.63, 3.8) is 0 Å². The number of halogens is 1. The Morgan fingerprint density at radius 3 is 2.82 bits per heavy atom. The lowest BCUT2D eigenvalue weighted by molar-refractivity contribution is 0.0679. The van der Waals surface area contributed by atoms with Crippen molar-refractivity contribution in [2.24, 2.45) is 0 Å². The van der Waals surface area contributed by atoms with E-state index in [1.54, 1.807) is 17.7 Å². The summed E-state index contributed by atoms with van der Waals surface area (Å²) in [4.78, 5) is 11.7. The van der Waals surface area contributed by atoms with Crippen LogP contribution < -0.4 is 5.56 Å². The van der Waals surface area contributed by atoms with Crippen LogP contribution in [0, 0.1) is 10.5 Å². The second kappa shape index (κ2) is 7.84. The van der Waals surface area contributed by atoms with Crippen LogP contribution >= 0.6 is 22.6 Å². The molecule has 0 aromatic carbocycles. The average molecular weight is 351 g/mol. The fraction of sp³-hybridized carbons (Fsp3) is 0.583. The van der Waals surface area contributed by atoms with Gasteiger partial charge in [0.2, 0.25) is 0 Å². The van der Waals surface area contributed by atoms with E-state index in [0.717, 1.165) is 15.6 Å². The highest BCUT2D eigenvalue weighted by atomic mass is 127. The van der Waals surface area contributed by atoms with Crippen LogP contribution in [-0.2, 0) is 16.0 Å². The molecule has 0 aliphatic carbocycles. The van der Waals surface area contributed by atoms with Crippen LogP contribution in [0.5, 0.6) is 0 Å². The first kappa shape index (κ1) is 14.7. The highest BCUT2D eigenvalue weighted by Crippen LogP contribution is 2.07. The zero-order chi connectivity index (χ0) is 12.7. The van der Waals surface area contributed by atoms with Gasteiger partial charge in [-0.1, -0.05) is 0 Å². The van der Waals surface area contributed by atoms with E-state index in [1.165, 1.54) is 0 Å². The third-order valence-electron chi connectivity index (χ3n) is 2.39. The number of ether oxygens (including phenoxy) is 2. The minimum Gasteiger partial charge on any atom is -0.382 e. The second-order valence-electron chi connectivity index (χ2n) is 3.79. The number of nitrogens with zero attached hydrogens (tertiary/aromatic N) is 1. The molecule has 17 heavy (non-hydrogen) atoms. The van der Waals surface area contributed by atoms with E-state index in [-0.39, 0.29) is 5.56 Å². The standard InChI is InChI=1S/C12H18INO3/c1-10-8-12(15)14(9-11(10)13)4-3-5-17-7-6-16-2/h8-9H,3-7H2,1-2H3. The summed E-state index contributed by atoms with van der Waals surface area (Å²) in [5.41, 5.74) is 1.09. The number of hydrogen-bond acceptors (Lipinski definition) is 3. The minimum atomic E-state index is 0.0554. The van der Waals surface area contributed by atoms with Crippen molar-refractivity contribution in [1.29, 1.82) is 0 Å². The average Bonchev–Trinajstić information content (AvgIpc) is 2.30. The van der Waals surface area contributed by atoms with Crippen LogP contribution in [0.4, 0.5) is 0 Å². The summed E-state index contributed by atoms with van der Waals surface area (Å²) in [5.74, 6) is 0. The topological polar surface area (TPSA) is 40.5 Å². The minimum absolute atomic E-state index is 0.0554. The molecule has 1 aromatic rings. The van der Waals surface area contributed by atoms with Crippen molar-refractivity contribution in [3.05, 3.63) is 31.8 Å². The lowest BCUT2D eigenvalue weighted by Gasteiger charge is -2.08. The lowest BCUT2D eigenvalue weighted by atomic mass is 10.3. The summed E-state index contributed by atoms with van der Waals surface area (Å²) < 4.78 is 13.1. The van der Waals surface area contributed by atoms with E-state index in [0.29, 0.717) is 26.4 Å². The zero-order valence-corrected chi connectivity index (χ0v) is 12.4. The van der Waals surface area contributed by atoms with Crippen molar-refractivity contribution < 1.29 is 9.47 Å². The van der Waals surface area contributed by atoms with Crippen molar-refractivity contribution >= 4 is 22.6 Å². The summed E-state index contributed by atoms with van der Waals surface area (Å²) in [5, 5.41) is 0. The van der Waals surface area contributed by atoms with Crippen molar-refractivity contribution in [1.82, 2.24) is 4.57 Å². The Labute approximate surface area is 115 Å². The van der Waals surface area contributed by atoms with Crippen LogP contribution in [0.3, 0.4) is 0 Å². The molecule has 1 rings (SSSR count). The van der Waals surface area contributed by atoms with Gasteiger partial charge >= 0.3 is 0 Å². The predicted octanol–water partition coefficient (Wildman–Crippen LogP) is 1.81. The Bertz CT molecular complexity index is 403. The molecule has 5 heteroatoms. The van der Waals surface area contributed by atoms with Crippen LogP contribution in [0.1, 0.15) is 12.0 Å². The van der Waals surface area contributed by atoms with Gasteiger partial charge in [-0.15, -0.1) is 0 Å². The number of pyridine rings is 1. The van der Waals surface area contributed by atoms with E-state index < -0.39 is 0 Å². The van der Waals surface area contributed by atoms with Gasteiger partial charge in [-0.05, 0) is 41.5 Å². The number of methoxy groups -OCH3 is 1. The van der Waals surface area contributed by atoms with E-state index in [4.69, 9.17) is 9.47 Å². The number of rotatable bonds is 7. The number of hydrogen-bond donors (Lipinski definition) is 0.